The highest BCUT2D eigenvalue weighted by Crippen LogP contribution is 2.29. The predicted octanol–water partition coefficient (Wildman–Crippen LogP) is 3.62. The van der Waals surface area contributed by atoms with Gasteiger partial charge in [0.05, 0.1) is 6.54 Å². The molecular formula is C17H22N2OS. The molecule has 1 aliphatic heterocycles. The lowest BCUT2D eigenvalue weighted by Crippen LogP contribution is -2.36. The minimum atomic E-state index is 0.243. The molecule has 0 spiro atoms. The van der Waals surface area contributed by atoms with Crippen LogP contribution in [0.5, 0.6) is 0 Å². The first-order chi connectivity index (χ1) is 10.2. The fourth-order valence-corrected chi connectivity index (χ4v) is 4.09. The number of hydrogen-bond donors (Lipinski definition) is 0. The Kier molecular flexibility index (Phi) is 4.63. The Hall–Kier alpha value is -1.29. The lowest BCUT2D eigenvalue weighted by atomic mass is 10.1. The zero-order valence-corrected chi connectivity index (χ0v) is 13.4. The van der Waals surface area contributed by atoms with E-state index in [1.165, 1.54) is 24.0 Å². The zero-order valence-electron chi connectivity index (χ0n) is 12.5. The second-order valence-corrected chi connectivity index (χ2v) is 6.86. The van der Waals surface area contributed by atoms with Gasteiger partial charge >= 0.3 is 0 Å². The van der Waals surface area contributed by atoms with Gasteiger partial charge in [-0.25, -0.2) is 0 Å². The molecule has 3 rings (SSSR count). The van der Waals surface area contributed by atoms with Gasteiger partial charge in [-0.3, -0.25) is 14.7 Å². The van der Waals surface area contributed by atoms with E-state index in [0.717, 1.165) is 36.9 Å². The van der Waals surface area contributed by atoms with Gasteiger partial charge in [-0.2, -0.15) is 0 Å². The molecule has 1 aromatic carbocycles. The highest BCUT2D eigenvalue weighted by molar-refractivity contribution is 8.13. The molecular weight excluding hydrogens is 280 g/mol. The molecule has 21 heavy (non-hydrogen) atoms. The molecule has 1 heterocycles. The Morgan fingerprint density at radius 3 is 2.95 bits per heavy atom. The van der Waals surface area contributed by atoms with Crippen molar-refractivity contribution < 1.29 is 4.79 Å². The molecule has 4 heteroatoms. The van der Waals surface area contributed by atoms with Gasteiger partial charge in [0.1, 0.15) is 0 Å². The molecule has 3 nitrogen and oxygen atoms in total. The van der Waals surface area contributed by atoms with Crippen molar-refractivity contribution in [3.63, 3.8) is 0 Å². The van der Waals surface area contributed by atoms with Crippen molar-refractivity contribution in [3.8, 4) is 0 Å². The predicted molar refractivity (Wildman–Crippen MR) is 88.4 cm³/mol. The van der Waals surface area contributed by atoms with Crippen molar-refractivity contribution in [1.29, 1.82) is 0 Å². The second-order valence-electron chi connectivity index (χ2n) is 5.91. The smallest absolute Gasteiger partial charge is 0.231 e. The van der Waals surface area contributed by atoms with E-state index >= 15 is 0 Å². The van der Waals surface area contributed by atoms with E-state index in [-0.39, 0.29) is 5.92 Å². The van der Waals surface area contributed by atoms with Crippen LogP contribution in [-0.2, 0) is 10.5 Å². The maximum Gasteiger partial charge on any atom is 0.231 e. The van der Waals surface area contributed by atoms with E-state index < -0.39 is 0 Å². The largest absolute Gasteiger partial charge is 0.289 e. The lowest BCUT2D eigenvalue weighted by Gasteiger charge is -2.21. The minimum Gasteiger partial charge on any atom is -0.289 e. The summed E-state index contributed by atoms with van der Waals surface area (Å²) in [6, 6.07) is 8.53. The first-order valence-corrected chi connectivity index (χ1v) is 8.77. The van der Waals surface area contributed by atoms with Crippen LogP contribution in [0, 0.1) is 12.8 Å². The third-order valence-electron chi connectivity index (χ3n) is 4.22. The first-order valence-electron chi connectivity index (χ1n) is 7.78. The molecule has 0 unspecified atom stereocenters. The molecule has 0 radical (unpaired) electrons. The van der Waals surface area contributed by atoms with Gasteiger partial charge in [0.15, 0.2) is 5.17 Å². The number of benzene rings is 1. The summed E-state index contributed by atoms with van der Waals surface area (Å²) in [6.45, 7) is 3.64. The van der Waals surface area contributed by atoms with Gasteiger partial charge in [0, 0.05) is 18.2 Å². The van der Waals surface area contributed by atoms with Crippen LogP contribution in [0.15, 0.2) is 29.3 Å². The van der Waals surface area contributed by atoms with Gasteiger partial charge in [0.25, 0.3) is 0 Å². The highest BCUT2D eigenvalue weighted by atomic mass is 32.2. The summed E-state index contributed by atoms with van der Waals surface area (Å²) in [7, 11) is 0. The minimum absolute atomic E-state index is 0.243. The first kappa shape index (κ1) is 14.6. The molecule has 0 atom stereocenters. The summed E-state index contributed by atoms with van der Waals surface area (Å²) in [4.78, 5) is 19.0. The number of carbonyl (C=O) groups excluding carboxylic acids is 1. The number of amides is 1. The lowest BCUT2D eigenvalue weighted by molar-refractivity contribution is -0.130. The Bertz CT molecular complexity index is 549. The van der Waals surface area contributed by atoms with E-state index in [4.69, 9.17) is 0 Å². The number of hydrogen-bond acceptors (Lipinski definition) is 3. The fourth-order valence-electron chi connectivity index (χ4n) is 3.10. The number of nitrogens with zero attached hydrogens (tertiary/aromatic N) is 2. The van der Waals surface area contributed by atoms with Gasteiger partial charge in [-0.15, -0.1) is 0 Å². The molecule has 0 saturated heterocycles. The Morgan fingerprint density at radius 2 is 2.19 bits per heavy atom. The zero-order chi connectivity index (χ0) is 14.7. The Morgan fingerprint density at radius 1 is 1.38 bits per heavy atom. The molecule has 0 bridgehead atoms. The normalized spacial score (nSPS) is 19.1. The van der Waals surface area contributed by atoms with Crippen LogP contribution in [0.3, 0.4) is 0 Å². The van der Waals surface area contributed by atoms with Gasteiger partial charge in [0.2, 0.25) is 5.91 Å². The van der Waals surface area contributed by atoms with Crippen LogP contribution in [0.1, 0.15) is 36.8 Å². The molecule has 1 aliphatic carbocycles. The van der Waals surface area contributed by atoms with Crippen molar-refractivity contribution in [2.24, 2.45) is 10.9 Å². The van der Waals surface area contributed by atoms with Crippen LogP contribution in [-0.4, -0.2) is 29.1 Å². The summed E-state index contributed by atoms with van der Waals surface area (Å²) in [6.07, 6.45) is 4.52. The molecule has 2 aliphatic rings. The Labute approximate surface area is 130 Å². The standard InChI is InChI=1S/C17H22N2OS/c1-13-5-4-6-14(11-13)12-21-17-18-9-10-19(17)16(20)15-7-2-3-8-15/h4-6,11,15H,2-3,7-10,12H2,1H3. The number of aryl methyl sites for hydroxylation is 1. The van der Waals surface area contributed by atoms with Crippen LogP contribution in [0.25, 0.3) is 0 Å². The van der Waals surface area contributed by atoms with E-state index in [1.807, 2.05) is 4.90 Å². The van der Waals surface area contributed by atoms with E-state index in [0.29, 0.717) is 5.91 Å². The van der Waals surface area contributed by atoms with Crippen molar-refractivity contribution in [2.75, 3.05) is 13.1 Å². The third kappa shape index (κ3) is 3.49. The molecule has 112 valence electrons. The van der Waals surface area contributed by atoms with Crippen molar-refractivity contribution in [1.82, 2.24) is 4.90 Å². The van der Waals surface area contributed by atoms with Crippen molar-refractivity contribution >= 4 is 22.8 Å². The van der Waals surface area contributed by atoms with E-state index in [2.05, 4.69) is 36.2 Å². The van der Waals surface area contributed by atoms with Gasteiger partial charge < -0.3 is 0 Å². The Balaban J connectivity index is 1.60. The average Bonchev–Trinajstić information content (AvgIpc) is 3.16. The number of rotatable bonds is 3. The molecule has 1 amide bonds. The van der Waals surface area contributed by atoms with Crippen molar-refractivity contribution in [2.45, 2.75) is 38.4 Å². The number of carbonyl (C=O) groups is 1. The van der Waals surface area contributed by atoms with E-state index in [9.17, 15) is 4.79 Å². The second kappa shape index (κ2) is 6.65. The fraction of sp³-hybridized carbons (Fsp3) is 0.529. The molecule has 0 aromatic heterocycles. The molecule has 1 fully saturated rings. The average molecular weight is 302 g/mol. The van der Waals surface area contributed by atoms with Gasteiger partial charge in [-0.1, -0.05) is 54.4 Å². The summed E-state index contributed by atoms with van der Waals surface area (Å²) < 4.78 is 0. The number of amidine groups is 1. The molecule has 1 saturated carbocycles. The molecule has 0 N–H and O–H groups in total. The maximum atomic E-state index is 12.6. The summed E-state index contributed by atoms with van der Waals surface area (Å²) in [5.74, 6) is 1.43. The molecule has 1 aromatic rings. The quantitative estimate of drug-likeness (QED) is 0.854. The number of thioether (sulfide) groups is 1. The summed E-state index contributed by atoms with van der Waals surface area (Å²) >= 11 is 1.70. The highest BCUT2D eigenvalue weighted by Gasteiger charge is 2.31. The monoisotopic (exact) mass is 302 g/mol. The topological polar surface area (TPSA) is 32.7 Å². The van der Waals surface area contributed by atoms with E-state index in [1.54, 1.807) is 11.8 Å². The van der Waals surface area contributed by atoms with Crippen molar-refractivity contribution in [3.05, 3.63) is 35.4 Å². The van der Waals surface area contributed by atoms with Crippen LogP contribution < -0.4 is 0 Å². The summed E-state index contributed by atoms with van der Waals surface area (Å²) in [5, 5.41) is 0.924. The summed E-state index contributed by atoms with van der Waals surface area (Å²) in [5.41, 5.74) is 2.57. The van der Waals surface area contributed by atoms with Crippen LogP contribution in [0.4, 0.5) is 0 Å². The van der Waals surface area contributed by atoms with Crippen LogP contribution in [0.2, 0.25) is 0 Å². The maximum absolute atomic E-state index is 12.6. The van der Waals surface area contributed by atoms with Crippen LogP contribution >= 0.6 is 11.8 Å². The SMILES string of the molecule is Cc1cccc(CSC2=NCCN2C(=O)C2CCCC2)c1. The number of aliphatic imine (C=N–C) groups is 1. The van der Waals surface area contributed by atoms with Gasteiger partial charge in [-0.05, 0) is 25.3 Å². The third-order valence-corrected chi connectivity index (χ3v) is 5.31.